The van der Waals surface area contributed by atoms with Crippen molar-refractivity contribution in [3.8, 4) is 0 Å². The second-order valence-corrected chi connectivity index (χ2v) is 5.84. The van der Waals surface area contributed by atoms with Gasteiger partial charge in [-0.3, -0.25) is 9.59 Å². The molecule has 0 N–H and O–H groups in total. The van der Waals surface area contributed by atoms with E-state index in [-0.39, 0.29) is 22.0 Å². The summed E-state index contributed by atoms with van der Waals surface area (Å²) < 4.78 is 37.6. The van der Waals surface area contributed by atoms with Crippen molar-refractivity contribution >= 4 is 35.3 Å². The highest BCUT2D eigenvalue weighted by Gasteiger charge is 2.30. The van der Waals surface area contributed by atoms with Gasteiger partial charge in [0, 0.05) is 22.0 Å². The Balaban J connectivity index is 2.23. The number of rotatable bonds is 5. The molecule has 7 heteroatoms. The van der Waals surface area contributed by atoms with Crippen LogP contribution in [0, 0.1) is 0 Å². The molecular weight excluding hydrogens is 364 g/mol. The summed E-state index contributed by atoms with van der Waals surface area (Å²) in [4.78, 5) is 23.5. The maximum atomic E-state index is 12.5. The molecule has 0 aliphatic carbocycles. The first-order valence-corrected chi connectivity index (χ1v) is 7.50. The van der Waals surface area contributed by atoms with Crippen LogP contribution >= 0.6 is 23.2 Å². The lowest BCUT2D eigenvalue weighted by atomic mass is 9.92. The van der Waals surface area contributed by atoms with Crippen molar-refractivity contribution < 1.29 is 22.8 Å². The van der Waals surface area contributed by atoms with Gasteiger partial charge in [-0.1, -0.05) is 41.4 Å². The number of alkyl halides is 3. The third-order valence-corrected chi connectivity index (χ3v) is 4.05. The number of ketones is 1. The molecule has 0 fully saturated rings. The second-order valence-electron chi connectivity index (χ2n) is 5.02. The lowest BCUT2D eigenvalue weighted by Crippen LogP contribution is -2.17. The number of benzene rings is 2. The van der Waals surface area contributed by atoms with Gasteiger partial charge in [0.15, 0.2) is 5.78 Å². The molecule has 2 nitrogen and oxygen atoms in total. The van der Waals surface area contributed by atoms with Crippen LogP contribution in [0.5, 0.6) is 0 Å². The molecular formula is C17H10Cl2F3O2. The molecule has 2 aromatic rings. The largest absolute Gasteiger partial charge is 0.416 e. The van der Waals surface area contributed by atoms with Crippen molar-refractivity contribution in [2.45, 2.75) is 18.5 Å². The molecule has 0 amide bonds. The summed E-state index contributed by atoms with van der Waals surface area (Å²) in [6.07, 6.45) is -3.08. The standard InChI is InChI=1S/C17H10Cl2F3O2/c18-13-2-1-3-14(19)16(13)12(9-23)15(24)8-10-4-6-11(7-5-10)17(20,21)22/h1-7,12H,8H2. The van der Waals surface area contributed by atoms with Crippen LogP contribution < -0.4 is 0 Å². The lowest BCUT2D eigenvalue weighted by Gasteiger charge is -2.13. The number of halogens is 5. The van der Waals surface area contributed by atoms with Crippen LogP contribution in [-0.2, 0) is 22.2 Å². The summed E-state index contributed by atoms with van der Waals surface area (Å²) in [5, 5.41) is 0.299. The Hall–Kier alpha value is -1.85. The van der Waals surface area contributed by atoms with Gasteiger partial charge >= 0.3 is 6.18 Å². The zero-order valence-electron chi connectivity index (χ0n) is 12.0. The van der Waals surface area contributed by atoms with Gasteiger partial charge in [0.1, 0.15) is 5.92 Å². The minimum absolute atomic E-state index is 0.146. The van der Waals surface area contributed by atoms with E-state index in [1.54, 1.807) is 12.4 Å². The molecule has 0 aromatic heterocycles. The number of carbonyl (C=O) groups excluding carboxylic acids is 2. The van der Waals surface area contributed by atoms with E-state index in [1.165, 1.54) is 24.3 Å². The van der Waals surface area contributed by atoms with E-state index in [4.69, 9.17) is 23.2 Å². The van der Waals surface area contributed by atoms with Crippen molar-refractivity contribution in [1.29, 1.82) is 0 Å². The van der Waals surface area contributed by atoms with Gasteiger partial charge in [0.2, 0.25) is 6.29 Å². The molecule has 0 heterocycles. The first-order chi connectivity index (χ1) is 11.2. The number of carbonyl (C=O) groups is 1. The van der Waals surface area contributed by atoms with Crippen molar-refractivity contribution in [2.75, 3.05) is 0 Å². The molecule has 0 bridgehead atoms. The number of hydrogen-bond acceptors (Lipinski definition) is 2. The van der Waals surface area contributed by atoms with Crippen LogP contribution in [0.3, 0.4) is 0 Å². The van der Waals surface area contributed by atoms with Crippen molar-refractivity contribution in [1.82, 2.24) is 0 Å². The summed E-state index contributed by atoms with van der Waals surface area (Å²) in [7, 11) is 0. The van der Waals surface area contributed by atoms with E-state index in [0.717, 1.165) is 12.1 Å². The molecule has 125 valence electrons. The molecule has 0 spiro atoms. The van der Waals surface area contributed by atoms with Crippen LogP contribution in [0.15, 0.2) is 42.5 Å². The third-order valence-electron chi connectivity index (χ3n) is 3.39. The maximum absolute atomic E-state index is 12.5. The predicted molar refractivity (Wildman–Crippen MR) is 85.1 cm³/mol. The average molecular weight is 374 g/mol. The van der Waals surface area contributed by atoms with Crippen molar-refractivity contribution in [3.63, 3.8) is 0 Å². The number of hydrogen-bond donors (Lipinski definition) is 0. The Bertz CT molecular complexity index is 735. The Morgan fingerprint density at radius 3 is 2.04 bits per heavy atom. The van der Waals surface area contributed by atoms with Gasteiger partial charge in [-0.25, -0.2) is 0 Å². The fraction of sp³-hybridized carbons (Fsp3) is 0.176. The SMILES string of the molecule is O=[C]C(C(=O)Cc1ccc(C(F)(F)F)cc1)c1c(Cl)cccc1Cl. The van der Waals surface area contributed by atoms with Crippen LogP contribution in [0.1, 0.15) is 22.6 Å². The Labute approximate surface area is 146 Å². The zero-order chi connectivity index (χ0) is 17.9. The van der Waals surface area contributed by atoms with Gasteiger partial charge < -0.3 is 0 Å². The van der Waals surface area contributed by atoms with Gasteiger partial charge in [-0.05, 0) is 29.8 Å². The minimum Gasteiger partial charge on any atom is -0.298 e. The molecule has 1 radical (unpaired) electrons. The molecule has 1 atom stereocenters. The van der Waals surface area contributed by atoms with Gasteiger partial charge in [0.25, 0.3) is 0 Å². The average Bonchev–Trinajstić information content (AvgIpc) is 2.50. The van der Waals surface area contributed by atoms with Crippen LogP contribution in [-0.4, -0.2) is 12.1 Å². The molecule has 24 heavy (non-hydrogen) atoms. The molecule has 2 aromatic carbocycles. The Kier molecular flexibility index (Phi) is 5.67. The summed E-state index contributed by atoms with van der Waals surface area (Å²) >= 11 is 12.0. The van der Waals surface area contributed by atoms with Gasteiger partial charge in [-0.2, -0.15) is 13.2 Å². The third kappa shape index (κ3) is 4.16. The molecule has 0 saturated carbocycles. The predicted octanol–water partition coefficient (Wildman–Crippen LogP) is 5.02. The molecule has 0 saturated heterocycles. The highest BCUT2D eigenvalue weighted by Crippen LogP contribution is 2.32. The molecule has 2 rings (SSSR count). The van der Waals surface area contributed by atoms with Crippen LogP contribution in [0.2, 0.25) is 10.0 Å². The molecule has 0 aliphatic rings. The quantitative estimate of drug-likeness (QED) is 0.689. The molecule has 0 aliphatic heterocycles. The maximum Gasteiger partial charge on any atom is 0.416 e. The summed E-state index contributed by atoms with van der Waals surface area (Å²) in [5.41, 5.74) is -0.324. The van der Waals surface area contributed by atoms with Gasteiger partial charge in [-0.15, -0.1) is 0 Å². The van der Waals surface area contributed by atoms with E-state index < -0.39 is 23.4 Å². The first kappa shape index (κ1) is 18.5. The summed E-state index contributed by atoms with van der Waals surface area (Å²) in [6.45, 7) is 0. The second kappa shape index (κ2) is 7.36. The monoisotopic (exact) mass is 373 g/mol. The van der Waals surface area contributed by atoms with Crippen LogP contribution in [0.25, 0.3) is 0 Å². The Morgan fingerprint density at radius 1 is 1.04 bits per heavy atom. The number of Topliss-reactive ketones (excluding diaryl/α,β-unsaturated/α-hetero) is 1. The van der Waals surface area contributed by atoms with E-state index in [9.17, 15) is 22.8 Å². The highest BCUT2D eigenvalue weighted by atomic mass is 35.5. The smallest absolute Gasteiger partial charge is 0.298 e. The van der Waals surface area contributed by atoms with Crippen molar-refractivity contribution in [2.24, 2.45) is 0 Å². The van der Waals surface area contributed by atoms with Gasteiger partial charge in [0.05, 0.1) is 5.56 Å². The topological polar surface area (TPSA) is 34.1 Å². The fourth-order valence-electron chi connectivity index (χ4n) is 2.19. The van der Waals surface area contributed by atoms with E-state index in [2.05, 4.69) is 0 Å². The molecule has 1 unspecified atom stereocenters. The van der Waals surface area contributed by atoms with E-state index in [1.807, 2.05) is 0 Å². The van der Waals surface area contributed by atoms with E-state index >= 15 is 0 Å². The van der Waals surface area contributed by atoms with Crippen molar-refractivity contribution in [3.05, 3.63) is 69.2 Å². The highest BCUT2D eigenvalue weighted by molar-refractivity contribution is 6.37. The minimum atomic E-state index is -4.45. The Morgan fingerprint density at radius 2 is 1.58 bits per heavy atom. The fourth-order valence-corrected chi connectivity index (χ4v) is 2.80. The zero-order valence-corrected chi connectivity index (χ0v) is 13.5. The lowest BCUT2D eigenvalue weighted by molar-refractivity contribution is -0.137. The van der Waals surface area contributed by atoms with Crippen LogP contribution in [0.4, 0.5) is 13.2 Å². The van der Waals surface area contributed by atoms with E-state index in [0.29, 0.717) is 5.56 Å². The first-order valence-electron chi connectivity index (χ1n) is 6.74. The summed E-state index contributed by atoms with van der Waals surface area (Å²) in [5.74, 6) is -1.85. The summed E-state index contributed by atoms with van der Waals surface area (Å²) in [6, 6.07) is 8.68. The normalized spacial score (nSPS) is 12.7.